The van der Waals surface area contributed by atoms with Crippen molar-refractivity contribution < 1.29 is 32.0 Å². The van der Waals surface area contributed by atoms with Crippen molar-refractivity contribution in [1.82, 2.24) is 19.5 Å². The zero-order valence-electron chi connectivity index (χ0n) is 14.9. The topological polar surface area (TPSA) is 133 Å². The molecule has 0 aromatic carbocycles. The minimum Gasteiger partial charge on any atom is -0.476 e. The summed E-state index contributed by atoms with van der Waals surface area (Å²) in [5, 5.41) is 0. The van der Waals surface area contributed by atoms with Gasteiger partial charge in [0, 0.05) is 7.11 Å². The van der Waals surface area contributed by atoms with E-state index in [4.69, 9.17) is 28.8 Å². The Morgan fingerprint density at radius 2 is 2.30 bits per heavy atom. The van der Waals surface area contributed by atoms with Crippen LogP contribution in [0.4, 0.5) is 10.3 Å². The standard InChI is InChI=1S/C14H19FN5O6P/c1-4-23-11-8-10(18-13(16)19-11)20(6-17-8)12-14(2,15)9-7(25-12)5-24-27(21,22-3)26-9/h6-7,9,12H,4-5H2,1-3H3,(H2,16,18,19)/t7-,9-,12-,14-,27?/m1/s1. The Morgan fingerprint density at radius 1 is 1.52 bits per heavy atom. The second kappa shape index (κ2) is 6.35. The van der Waals surface area contributed by atoms with Gasteiger partial charge in [0.15, 0.2) is 23.1 Å². The van der Waals surface area contributed by atoms with E-state index in [1.807, 2.05) is 0 Å². The molecule has 0 spiro atoms. The van der Waals surface area contributed by atoms with Crippen LogP contribution in [0.2, 0.25) is 0 Å². The molecule has 13 heteroatoms. The minimum atomic E-state index is -3.83. The fraction of sp³-hybridized carbons (Fsp3) is 0.643. The number of anilines is 1. The van der Waals surface area contributed by atoms with E-state index in [1.54, 1.807) is 6.92 Å². The zero-order valence-corrected chi connectivity index (χ0v) is 15.8. The smallest absolute Gasteiger partial charge is 0.475 e. The normalized spacial score (nSPS) is 36.1. The number of alkyl halides is 1. The number of nitrogens with zero attached hydrogens (tertiary/aromatic N) is 4. The van der Waals surface area contributed by atoms with E-state index < -0.39 is 31.9 Å². The molecule has 0 saturated carbocycles. The number of nitrogen functional groups attached to an aromatic ring is 1. The number of halogens is 1. The molecule has 27 heavy (non-hydrogen) atoms. The first kappa shape index (κ1) is 18.5. The summed E-state index contributed by atoms with van der Waals surface area (Å²) < 4.78 is 55.6. The van der Waals surface area contributed by atoms with Gasteiger partial charge in [-0.05, 0) is 13.8 Å². The summed E-state index contributed by atoms with van der Waals surface area (Å²) in [4.78, 5) is 12.4. The third-order valence-electron chi connectivity index (χ3n) is 4.48. The van der Waals surface area contributed by atoms with Crippen molar-refractivity contribution >= 4 is 24.9 Å². The largest absolute Gasteiger partial charge is 0.476 e. The van der Waals surface area contributed by atoms with Gasteiger partial charge in [-0.25, -0.2) is 13.9 Å². The highest BCUT2D eigenvalue weighted by Crippen LogP contribution is 2.59. The van der Waals surface area contributed by atoms with Crippen molar-refractivity contribution in [3.63, 3.8) is 0 Å². The number of imidazole rings is 1. The van der Waals surface area contributed by atoms with E-state index in [1.165, 1.54) is 24.9 Å². The van der Waals surface area contributed by atoms with Gasteiger partial charge in [-0.1, -0.05) is 0 Å². The predicted octanol–water partition coefficient (Wildman–Crippen LogP) is 1.60. The van der Waals surface area contributed by atoms with Crippen LogP contribution in [0.15, 0.2) is 6.33 Å². The van der Waals surface area contributed by atoms with E-state index in [9.17, 15) is 4.57 Å². The molecule has 5 atom stereocenters. The first-order valence-electron chi connectivity index (χ1n) is 8.25. The van der Waals surface area contributed by atoms with E-state index in [-0.39, 0.29) is 24.1 Å². The second-order valence-corrected chi connectivity index (χ2v) is 8.00. The maximum atomic E-state index is 15.7. The predicted molar refractivity (Wildman–Crippen MR) is 89.8 cm³/mol. The molecule has 4 heterocycles. The summed E-state index contributed by atoms with van der Waals surface area (Å²) >= 11 is 0. The Kier molecular flexibility index (Phi) is 4.35. The average Bonchev–Trinajstić information content (AvgIpc) is 3.14. The van der Waals surface area contributed by atoms with Crippen molar-refractivity contribution in [3.05, 3.63) is 6.33 Å². The number of aromatic nitrogens is 4. The molecule has 2 saturated heterocycles. The van der Waals surface area contributed by atoms with Crippen LogP contribution in [-0.4, -0.2) is 57.7 Å². The maximum Gasteiger partial charge on any atom is 0.475 e. The van der Waals surface area contributed by atoms with Gasteiger partial charge in [0.25, 0.3) is 0 Å². The summed E-state index contributed by atoms with van der Waals surface area (Å²) in [6, 6.07) is 0. The highest BCUT2D eigenvalue weighted by Gasteiger charge is 2.61. The van der Waals surface area contributed by atoms with Crippen LogP contribution in [0.5, 0.6) is 5.88 Å². The molecule has 0 bridgehead atoms. The Morgan fingerprint density at radius 3 is 3.00 bits per heavy atom. The van der Waals surface area contributed by atoms with E-state index in [2.05, 4.69) is 15.0 Å². The molecule has 11 nitrogen and oxygen atoms in total. The van der Waals surface area contributed by atoms with Gasteiger partial charge in [-0.3, -0.25) is 18.1 Å². The molecule has 4 rings (SSSR count). The van der Waals surface area contributed by atoms with Crippen LogP contribution in [0.1, 0.15) is 20.1 Å². The number of rotatable bonds is 4. The Hall–Kier alpha value is -1.85. The fourth-order valence-electron chi connectivity index (χ4n) is 3.25. The van der Waals surface area contributed by atoms with Crippen LogP contribution < -0.4 is 10.5 Å². The number of phosphoric ester groups is 1. The SMILES string of the molecule is CCOc1nc(N)nc2c1ncn2[C@@H]1O[C@@H]2COP(=O)(OC)O[C@H]2[C@@]1(C)F. The summed E-state index contributed by atoms with van der Waals surface area (Å²) in [6.45, 7) is 3.28. The highest BCUT2D eigenvalue weighted by atomic mass is 31.2. The number of nitrogens with two attached hydrogens (primary N) is 1. The lowest BCUT2D eigenvalue weighted by Gasteiger charge is -2.33. The Bertz CT molecular complexity index is 923. The van der Waals surface area contributed by atoms with Gasteiger partial charge in [0.05, 0.1) is 19.5 Å². The van der Waals surface area contributed by atoms with Crippen molar-refractivity contribution in [2.75, 3.05) is 26.1 Å². The van der Waals surface area contributed by atoms with Gasteiger partial charge in [-0.2, -0.15) is 9.97 Å². The van der Waals surface area contributed by atoms with E-state index >= 15 is 4.39 Å². The molecular weight excluding hydrogens is 384 g/mol. The van der Waals surface area contributed by atoms with Gasteiger partial charge in [-0.15, -0.1) is 0 Å². The number of ether oxygens (including phenoxy) is 2. The molecule has 2 fully saturated rings. The Labute approximate surface area is 153 Å². The molecule has 2 aliphatic rings. The summed E-state index contributed by atoms with van der Waals surface area (Å²) in [5.41, 5.74) is 4.23. The molecule has 2 N–H and O–H groups in total. The summed E-state index contributed by atoms with van der Waals surface area (Å²) in [6.07, 6.45) is -1.76. The first-order valence-corrected chi connectivity index (χ1v) is 9.71. The molecule has 0 amide bonds. The van der Waals surface area contributed by atoms with Gasteiger partial charge in [0.1, 0.15) is 12.2 Å². The van der Waals surface area contributed by atoms with Gasteiger partial charge >= 0.3 is 7.82 Å². The van der Waals surface area contributed by atoms with Crippen molar-refractivity contribution in [3.8, 4) is 5.88 Å². The lowest BCUT2D eigenvalue weighted by molar-refractivity contribution is -0.0686. The average molecular weight is 403 g/mol. The number of hydrogen-bond donors (Lipinski definition) is 1. The molecule has 0 radical (unpaired) electrons. The second-order valence-electron chi connectivity index (χ2n) is 6.27. The van der Waals surface area contributed by atoms with Crippen LogP contribution >= 0.6 is 7.82 Å². The lowest BCUT2D eigenvalue weighted by atomic mass is 9.98. The number of phosphoric acid groups is 1. The molecular formula is C14H19FN5O6P. The third-order valence-corrected chi connectivity index (χ3v) is 5.88. The molecule has 0 aliphatic carbocycles. The minimum absolute atomic E-state index is 0.0489. The monoisotopic (exact) mass is 403 g/mol. The van der Waals surface area contributed by atoms with Crippen LogP contribution in [-0.2, 0) is 22.9 Å². The van der Waals surface area contributed by atoms with Crippen LogP contribution in [0.3, 0.4) is 0 Å². The molecule has 2 aliphatic heterocycles. The molecule has 2 aromatic heterocycles. The van der Waals surface area contributed by atoms with Gasteiger partial charge < -0.3 is 15.2 Å². The summed E-state index contributed by atoms with van der Waals surface area (Å²) in [7, 11) is -2.66. The number of fused-ring (bicyclic) bond motifs is 2. The maximum absolute atomic E-state index is 15.7. The molecule has 1 unspecified atom stereocenters. The molecule has 2 aromatic rings. The first-order chi connectivity index (χ1) is 12.8. The van der Waals surface area contributed by atoms with Crippen LogP contribution in [0.25, 0.3) is 11.2 Å². The van der Waals surface area contributed by atoms with Crippen molar-refractivity contribution in [2.24, 2.45) is 0 Å². The summed E-state index contributed by atoms with van der Waals surface area (Å²) in [5.74, 6) is 0.144. The fourth-order valence-corrected chi connectivity index (χ4v) is 4.46. The lowest BCUT2D eigenvalue weighted by Crippen LogP contribution is -2.44. The van der Waals surface area contributed by atoms with Crippen molar-refractivity contribution in [1.29, 1.82) is 0 Å². The highest BCUT2D eigenvalue weighted by molar-refractivity contribution is 7.48. The quantitative estimate of drug-likeness (QED) is 0.751. The zero-order chi connectivity index (χ0) is 19.4. The third kappa shape index (κ3) is 2.88. The Balaban J connectivity index is 1.75. The van der Waals surface area contributed by atoms with Crippen LogP contribution in [0, 0.1) is 0 Å². The van der Waals surface area contributed by atoms with E-state index in [0.717, 1.165) is 0 Å². The number of hydrogen-bond acceptors (Lipinski definition) is 10. The van der Waals surface area contributed by atoms with E-state index in [0.29, 0.717) is 12.1 Å². The van der Waals surface area contributed by atoms with Crippen molar-refractivity contribution in [2.45, 2.75) is 38.0 Å². The molecule has 148 valence electrons. The van der Waals surface area contributed by atoms with Gasteiger partial charge in [0.2, 0.25) is 11.8 Å².